The Kier molecular flexibility index (Phi) is 2.98. The van der Waals surface area contributed by atoms with Gasteiger partial charge in [0.2, 0.25) is 0 Å². The van der Waals surface area contributed by atoms with Gasteiger partial charge in [-0.15, -0.1) is 0 Å². The third-order valence-electron chi connectivity index (χ3n) is 2.75. The molecule has 0 aliphatic carbocycles. The number of halogens is 2. The molecule has 1 aromatic carbocycles. The normalized spacial score (nSPS) is 22.2. The van der Waals surface area contributed by atoms with Gasteiger partial charge in [-0.3, -0.25) is 4.90 Å². The van der Waals surface area contributed by atoms with Gasteiger partial charge in [-0.05, 0) is 18.6 Å². The zero-order valence-electron chi connectivity index (χ0n) is 8.42. The minimum absolute atomic E-state index is 0.139. The van der Waals surface area contributed by atoms with Crippen LogP contribution in [-0.2, 0) is 6.54 Å². The van der Waals surface area contributed by atoms with E-state index in [1.165, 1.54) is 18.2 Å². The number of nitrogens with two attached hydrogens (primary N) is 1. The zero-order chi connectivity index (χ0) is 10.8. The van der Waals surface area contributed by atoms with E-state index >= 15 is 0 Å². The molecule has 1 atom stereocenters. The minimum Gasteiger partial charge on any atom is -0.326 e. The van der Waals surface area contributed by atoms with E-state index in [1.807, 2.05) is 4.90 Å². The van der Waals surface area contributed by atoms with Gasteiger partial charge in [0, 0.05) is 31.2 Å². The molecular formula is C11H14F2N2. The molecule has 1 aliphatic heterocycles. The summed E-state index contributed by atoms with van der Waals surface area (Å²) in [4.78, 5) is 1.98. The SMILES string of the molecule is N[C@H]1CCN(Cc2c(F)cccc2F)C1. The predicted molar refractivity (Wildman–Crippen MR) is 54.2 cm³/mol. The Morgan fingerprint density at radius 1 is 1.33 bits per heavy atom. The van der Waals surface area contributed by atoms with E-state index in [2.05, 4.69) is 0 Å². The lowest BCUT2D eigenvalue weighted by Crippen LogP contribution is -2.26. The molecule has 0 saturated carbocycles. The van der Waals surface area contributed by atoms with Crippen LogP contribution in [0.3, 0.4) is 0 Å². The van der Waals surface area contributed by atoms with Gasteiger partial charge in [0.25, 0.3) is 0 Å². The fraction of sp³-hybridized carbons (Fsp3) is 0.455. The number of rotatable bonds is 2. The van der Waals surface area contributed by atoms with Crippen molar-refractivity contribution >= 4 is 0 Å². The van der Waals surface area contributed by atoms with E-state index in [0.29, 0.717) is 13.1 Å². The summed E-state index contributed by atoms with van der Waals surface area (Å²) in [6.45, 7) is 1.84. The predicted octanol–water partition coefficient (Wildman–Crippen LogP) is 1.50. The maximum Gasteiger partial charge on any atom is 0.130 e. The standard InChI is InChI=1S/C11H14F2N2/c12-10-2-1-3-11(13)9(10)7-15-5-4-8(14)6-15/h1-3,8H,4-7,14H2/t8-/m0/s1. The molecule has 2 rings (SSSR count). The molecule has 0 unspecified atom stereocenters. The highest BCUT2D eigenvalue weighted by atomic mass is 19.1. The number of nitrogens with zero attached hydrogens (tertiary/aromatic N) is 1. The van der Waals surface area contributed by atoms with Crippen LogP contribution in [0.15, 0.2) is 18.2 Å². The van der Waals surface area contributed by atoms with Crippen LogP contribution in [0.2, 0.25) is 0 Å². The van der Waals surface area contributed by atoms with E-state index in [4.69, 9.17) is 5.73 Å². The van der Waals surface area contributed by atoms with E-state index in [0.717, 1.165) is 13.0 Å². The molecule has 4 heteroatoms. The number of hydrogen-bond donors (Lipinski definition) is 1. The third kappa shape index (κ3) is 2.33. The maximum atomic E-state index is 13.3. The molecule has 2 nitrogen and oxygen atoms in total. The lowest BCUT2D eigenvalue weighted by atomic mass is 10.2. The van der Waals surface area contributed by atoms with Crippen LogP contribution in [0.5, 0.6) is 0 Å². The fourth-order valence-corrected chi connectivity index (χ4v) is 1.91. The monoisotopic (exact) mass is 212 g/mol. The molecule has 0 bridgehead atoms. The number of benzene rings is 1. The Hall–Kier alpha value is -1.00. The highest BCUT2D eigenvalue weighted by Crippen LogP contribution is 2.17. The van der Waals surface area contributed by atoms with Crippen molar-refractivity contribution in [3.8, 4) is 0 Å². The molecule has 2 N–H and O–H groups in total. The first-order valence-electron chi connectivity index (χ1n) is 5.07. The molecule has 1 saturated heterocycles. The third-order valence-corrected chi connectivity index (χ3v) is 2.75. The van der Waals surface area contributed by atoms with Crippen molar-refractivity contribution in [3.05, 3.63) is 35.4 Å². The fourth-order valence-electron chi connectivity index (χ4n) is 1.91. The Morgan fingerprint density at radius 2 is 2.00 bits per heavy atom. The smallest absolute Gasteiger partial charge is 0.130 e. The molecule has 1 fully saturated rings. The van der Waals surface area contributed by atoms with Gasteiger partial charge in [-0.2, -0.15) is 0 Å². The van der Waals surface area contributed by atoms with Crippen molar-refractivity contribution in [2.24, 2.45) is 5.73 Å². The van der Waals surface area contributed by atoms with E-state index in [1.54, 1.807) is 0 Å². The minimum atomic E-state index is -0.476. The average molecular weight is 212 g/mol. The molecule has 0 spiro atoms. The highest BCUT2D eigenvalue weighted by Gasteiger charge is 2.21. The summed E-state index contributed by atoms with van der Waals surface area (Å²) in [5.74, 6) is -0.953. The van der Waals surface area contributed by atoms with Gasteiger partial charge >= 0.3 is 0 Å². The van der Waals surface area contributed by atoms with Gasteiger partial charge in [0.1, 0.15) is 11.6 Å². The molecule has 0 aromatic heterocycles. The molecule has 1 aromatic rings. The molecule has 0 radical (unpaired) electrons. The van der Waals surface area contributed by atoms with Crippen LogP contribution in [0, 0.1) is 11.6 Å². The lowest BCUT2D eigenvalue weighted by Gasteiger charge is -2.15. The molecular weight excluding hydrogens is 198 g/mol. The van der Waals surface area contributed by atoms with Crippen LogP contribution < -0.4 is 5.73 Å². The number of likely N-dealkylation sites (tertiary alicyclic amines) is 1. The van der Waals surface area contributed by atoms with Crippen LogP contribution in [-0.4, -0.2) is 24.0 Å². The molecule has 1 heterocycles. The molecule has 82 valence electrons. The highest BCUT2D eigenvalue weighted by molar-refractivity contribution is 5.19. The summed E-state index contributed by atoms with van der Waals surface area (Å²) in [5, 5.41) is 0. The second kappa shape index (κ2) is 4.24. The molecule has 15 heavy (non-hydrogen) atoms. The van der Waals surface area contributed by atoms with Gasteiger partial charge in [0.05, 0.1) is 0 Å². The second-order valence-corrected chi connectivity index (χ2v) is 3.98. The molecule has 0 amide bonds. The quantitative estimate of drug-likeness (QED) is 0.805. The first kappa shape index (κ1) is 10.5. The topological polar surface area (TPSA) is 29.3 Å². The Labute approximate surface area is 87.7 Å². The summed E-state index contributed by atoms with van der Waals surface area (Å²) in [7, 11) is 0. The van der Waals surface area contributed by atoms with Gasteiger partial charge < -0.3 is 5.73 Å². The van der Waals surface area contributed by atoms with E-state index in [9.17, 15) is 8.78 Å². The Balaban J connectivity index is 2.10. The van der Waals surface area contributed by atoms with Crippen LogP contribution in [0.1, 0.15) is 12.0 Å². The van der Waals surface area contributed by atoms with Crippen molar-refractivity contribution in [2.45, 2.75) is 19.0 Å². The van der Waals surface area contributed by atoms with Gasteiger partial charge in [0.15, 0.2) is 0 Å². The van der Waals surface area contributed by atoms with Crippen molar-refractivity contribution in [1.82, 2.24) is 4.90 Å². The maximum absolute atomic E-state index is 13.3. The van der Waals surface area contributed by atoms with Gasteiger partial charge in [-0.1, -0.05) is 6.07 Å². The van der Waals surface area contributed by atoms with Crippen molar-refractivity contribution in [3.63, 3.8) is 0 Å². The van der Waals surface area contributed by atoms with Crippen LogP contribution in [0.4, 0.5) is 8.78 Å². The van der Waals surface area contributed by atoms with Crippen LogP contribution in [0.25, 0.3) is 0 Å². The summed E-state index contributed by atoms with van der Waals surface area (Å²) < 4.78 is 26.6. The second-order valence-electron chi connectivity index (χ2n) is 3.98. The van der Waals surface area contributed by atoms with Crippen LogP contribution >= 0.6 is 0 Å². The number of hydrogen-bond acceptors (Lipinski definition) is 2. The van der Waals surface area contributed by atoms with Gasteiger partial charge in [-0.25, -0.2) is 8.78 Å². The summed E-state index contributed by atoms with van der Waals surface area (Å²) in [6, 6.07) is 4.09. The van der Waals surface area contributed by atoms with Crippen molar-refractivity contribution < 1.29 is 8.78 Å². The Bertz CT molecular complexity index is 334. The first-order chi connectivity index (χ1) is 7.16. The average Bonchev–Trinajstić information content (AvgIpc) is 2.58. The van der Waals surface area contributed by atoms with Crippen molar-refractivity contribution in [2.75, 3.05) is 13.1 Å². The summed E-state index contributed by atoms with van der Waals surface area (Å²) >= 11 is 0. The summed E-state index contributed by atoms with van der Waals surface area (Å²) in [5.41, 5.74) is 5.87. The molecule has 1 aliphatic rings. The van der Waals surface area contributed by atoms with E-state index < -0.39 is 11.6 Å². The van der Waals surface area contributed by atoms with Crippen molar-refractivity contribution in [1.29, 1.82) is 0 Å². The van der Waals surface area contributed by atoms with E-state index in [-0.39, 0.29) is 11.6 Å². The lowest BCUT2D eigenvalue weighted by molar-refractivity contribution is 0.314. The Morgan fingerprint density at radius 3 is 2.53 bits per heavy atom. The largest absolute Gasteiger partial charge is 0.326 e. The summed E-state index contributed by atoms with van der Waals surface area (Å²) in [6.07, 6.45) is 0.899. The zero-order valence-corrected chi connectivity index (χ0v) is 8.42. The first-order valence-corrected chi connectivity index (χ1v) is 5.07.